The predicted molar refractivity (Wildman–Crippen MR) is 68.1 cm³/mol. The van der Waals surface area contributed by atoms with Gasteiger partial charge in [0.25, 0.3) is 0 Å². The van der Waals surface area contributed by atoms with E-state index in [0.29, 0.717) is 6.42 Å². The van der Waals surface area contributed by atoms with Crippen molar-refractivity contribution in [3.05, 3.63) is 35.4 Å². The Morgan fingerprint density at radius 1 is 1.41 bits per heavy atom. The van der Waals surface area contributed by atoms with Crippen molar-refractivity contribution in [1.82, 2.24) is 0 Å². The van der Waals surface area contributed by atoms with Crippen molar-refractivity contribution < 1.29 is 9.53 Å². The van der Waals surface area contributed by atoms with Crippen LogP contribution in [0.1, 0.15) is 37.3 Å². The second-order valence-corrected chi connectivity index (χ2v) is 5.13. The Morgan fingerprint density at radius 2 is 2.24 bits per heavy atom. The van der Waals surface area contributed by atoms with E-state index < -0.39 is 5.60 Å². The van der Waals surface area contributed by atoms with Gasteiger partial charge < -0.3 is 4.74 Å². The predicted octanol–water partition coefficient (Wildman–Crippen LogP) is 3.07. The Morgan fingerprint density at radius 3 is 2.88 bits per heavy atom. The highest BCUT2D eigenvalue weighted by Gasteiger charge is 2.35. The molecule has 1 unspecified atom stereocenters. The summed E-state index contributed by atoms with van der Waals surface area (Å²) in [6.07, 6.45) is 3.51. The summed E-state index contributed by atoms with van der Waals surface area (Å²) in [5.41, 5.74) is 1.73. The van der Waals surface area contributed by atoms with Gasteiger partial charge in [0.05, 0.1) is 0 Å². The van der Waals surface area contributed by atoms with E-state index in [1.54, 1.807) is 0 Å². The summed E-state index contributed by atoms with van der Waals surface area (Å²) in [6, 6.07) is 8.13. The molecular formula is C15H20O2. The summed E-state index contributed by atoms with van der Waals surface area (Å²) in [5.74, 6) is 0.211. The molecule has 2 nitrogen and oxygen atoms in total. The molecule has 1 aromatic carbocycles. The molecule has 17 heavy (non-hydrogen) atoms. The first-order valence-electron chi connectivity index (χ1n) is 6.33. The lowest BCUT2D eigenvalue weighted by Crippen LogP contribution is -2.42. The van der Waals surface area contributed by atoms with Gasteiger partial charge in [-0.3, -0.25) is 4.79 Å². The molecule has 1 aromatic rings. The Bertz CT molecular complexity index is 403. The van der Waals surface area contributed by atoms with Crippen LogP contribution in [-0.4, -0.2) is 18.0 Å². The summed E-state index contributed by atoms with van der Waals surface area (Å²) in [7, 11) is 0. The van der Waals surface area contributed by atoms with E-state index in [4.69, 9.17) is 4.74 Å². The van der Waals surface area contributed by atoms with Gasteiger partial charge in [-0.2, -0.15) is 0 Å². The van der Waals surface area contributed by atoms with E-state index in [1.807, 2.05) is 32.0 Å². The molecular weight excluding hydrogens is 212 g/mol. The van der Waals surface area contributed by atoms with Gasteiger partial charge in [0.1, 0.15) is 5.60 Å². The van der Waals surface area contributed by atoms with E-state index in [1.165, 1.54) is 5.56 Å². The van der Waals surface area contributed by atoms with Crippen molar-refractivity contribution >= 4 is 5.78 Å². The Labute approximate surface area is 103 Å². The second-order valence-electron chi connectivity index (χ2n) is 5.13. The number of hydrogen-bond acceptors (Lipinski definition) is 2. The van der Waals surface area contributed by atoms with Gasteiger partial charge in [0, 0.05) is 13.0 Å². The second kappa shape index (κ2) is 5.01. The molecule has 0 amide bonds. The molecule has 0 spiro atoms. The molecule has 0 aliphatic carbocycles. The van der Waals surface area contributed by atoms with Crippen LogP contribution < -0.4 is 0 Å². The highest BCUT2D eigenvalue weighted by atomic mass is 16.5. The van der Waals surface area contributed by atoms with Crippen LogP contribution in [0.5, 0.6) is 0 Å². The third-order valence-corrected chi connectivity index (χ3v) is 3.51. The van der Waals surface area contributed by atoms with Crippen LogP contribution in [0.15, 0.2) is 24.3 Å². The van der Waals surface area contributed by atoms with Crippen LogP contribution in [0.25, 0.3) is 0 Å². The lowest BCUT2D eigenvalue weighted by molar-refractivity contribution is -0.147. The number of hydrogen-bond donors (Lipinski definition) is 0. The van der Waals surface area contributed by atoms with Gasteiger partial charge in [0.15, 0.2) is 5.78 Å². The molecule has 92 valence electrons. The highest BCUT2D eigenvalue weighted by Crippen LogP contribution is 2.26. The largest absolute Gasteiger partial charge is 0.367 e. The van der Waals surface area contributed by atoms with E-state index in [0.717, 1.165) is 31.4 Å². The number of Topliss-reactive ketones (excluding diaryl/α,β-unsaturated/α-hetero) is 1. The lowest BCUT2D eigenvalue weighted by atomic mass is 9.88. The van der Waals surface area contributed by atoms with Crippen LogP contribution >= 0.6 is 0 Å². The van der Waals surface area contributed by atoms with Crippen LogP contribution in [-0.2, 0) is 16.0 Å². The van der Waals surface area contributed by atoms with Crippen molar-refractivity contribution in [2.24, 2.45) is 0 Å². The fourth-order valence-corrected chi connectivity index (χ4v) is 2.35. The molecule has 1 heterocycles. The standard InChI is InChI=1S/C15H20O2/c1-12-6-5-7-13(10-12)11-14(16)15(2)8-3-4-9-17-15/h5-7,10H,3-4,8-9,11H2,1-2H3. The van der Waals surface area contributed by atoms with Gasteiger partial charge >= 0.3 is 0 Å². The third-order valence-electron chi connectivity index (χ3n) is 3.51. The Balaban J connectivity index is 2.05. The number of benzene rings is 1. The number of aryl methyl sites for hydroxylation is 1. The third kappa shape index (κ3) is 2.95. The smallest absolute Gasteiger partial charge is 0.168 e. The minimum atomic E-state index is -0.554. The molecule has 1 aliphatic rings. The molecule has 2 rings (SSSR count). The monoisotopic (exact) mass is 232 g/mol. The normalized spacial score (nSPS) is 24.6. The maximum absolute atomic E-state index is 12.3. The first-order valence-corrected chi connectivity index (χ1v) is 6.33. The molecule has 1 aliphatic heterocycles. The quantitative estimate of drug-likeness (QED) is 0.800. The zero-order valence-corrected chi connectivity index (χ0v) is 10.7. The van der Waals surface area contributed by atoms with Crippen LogP contribution in [0.2, 0.25) is 0 Å². The summed E-state index contributed by atoms with van der Waals surface area (Å²) in [5, 5.41) is 0. The molecule has 0 radical (unpaired) electrons. The summed E-state index contributed by atoms with van der Waals surface area (Å²) < 4.78 is 5.68. The highest BCUT2D eigenvalue weighted by molar-refractivity contribution is 5.88. The average Bonchev–Trinajstić information content (AvgIpc) is 2.30. The van der Waals surface area contributed by atoms with Crippen LogP contribution in [0, 0.1) is 6.92 Å². The van der Waals surface area contributed by atoms with Gasteiger partial charge in [0.2, 0.25) is 0 Å². The van der Waals surface area contributed by atoms with E-state index in [2.05, 4.69) is 6.07 Å². The van der Waals surface area contributed by atoms with E-state index >= 15 is 0 Å². The minimum Gasteiger partial charge on any atom is -0.367 e. The maximum atomic E-state index is 12.3. The van der Waals surface area contributed by atoms with Crippen molar-refractivity contribution in [3.63, 3.8) is 0 Å². The van der Waals surface area contributed by atoms with Crippen molar-refractivity contribution in [3.8, 4) is 0 Å². The van der Waals surface area contributed by atoms with Gasteiger partial charge in [-0.25, -0.2) is 0 Å². The first kappa shape index (κ1) is 12.3. The van der Waals surface area contributed by atoms with Gasteiger partial charge in [-0.1, -0.05) is 29.8 Å². The molecule has 0 N–H and O–H groups in total. The van der Waals surface area contributed by atoms with Crippen LogP contribution in [0.4, 0.5) is 0 Å². The fraction of sp³-hybridized carbons (Fsp3) is 0.533. The first-order chi connectivity index (χ1) is 8.10. The number of carbonyl (C=O) groups excluding carboxylic acids is 1. The van der Waals surface area contributed by atoms with Gasteiger partial charge in [-0.05, 0) is 38.7 Å². The molecule has 2 heteroatoms. The average molecular weight is 232 g/mol. The zero-order valence-electron chi connectivity index (χ0n) is 10.7. The van der Waals surface area contributed by atoms with Crippen molar-refractivity contribution in [1.29, 1.82) is 0 Å². The number of ketones is 1. The number of carbonyl (C=O) groups is 1. The molecule has 0 saturated carbocycles. The van der Waals surface area contributed by atoms with E-state index in [9.17, 15) is 4.79 Å². The summed E-state index contributed by atoms with van der Waals surface area (Å²) >= 11 is 0. The summed E-state index contributed by atoms with van der Waals surface area (Å²) in [4.78, 5) is 12.3. The lowest BCUT2D eigenvalue weighted by Gasteiger charge is -2.32. The number of ether oxygens (including phenoxy) is 1. The summed E-state index contributed by atoms with van der Waals surface area (Å²) in [6.45, 7) is 4.70. The maximum Gasteiger partial charge on any atom is 0.168 e. The molecule has 0 bridgehead atoms. The molecule has 1 fully saturated rings. The van der Waals surface area contributed by atoms with Crippen molar-refractivity contribution in [2.45, 2.75) is 45.1 Å². The van der Waals surface area contributed by atoms with Gasteiger partial charge in [-0.15, -0.1) is 0 Å². The SMILES string of the molecule is Cc1cccc(CC(=O)C2(C)CCCCO2)c1. The molecule has 1 atom stereocenters. The molecule has 1 saturated heterocycles. The Hall–Kier alpha value is -1.15. The van der Waals surface area contributed by atoms with E-state index in [-0.39, 0.29) is 5.78 Å². The zero-order chi connectivity index (χ0) is 12.3. The van der Waals surface area contributed by atoms with Crippen molar-refractivity contribution in [2.75, 3.05) is 6.61 Å². The molecule has 0 aromatic heterocycles. The Kier molecular flexibility index (Phi) is 3.63. The number of rotatable bonds is 3. The van der Waals surface area contributed by atoms with Crippen LogP contribution in [0.3, 0.4) is 0 Å². The minimum absolute atomic E-state index is 0.211. The topological polar surface area (TPSA) is 26.3 Å². The fourth-order valence-electron chi connectivity index (χ4n) is 2.35.